The number of carbonyl (C=O) groups excluding carboxylic acids is 1. The van der Waals surface area contributed by atoms with E-state index in [1.807, 2.05) is 0 Å². The highest BCUT2D eigenvalue weighted by Crippen LogP contribution is 2.29. The summed E-state index contributed by atoms with van der Waals surface area (Å²) in [5.74, 6) is -0.945. The zero-order valence-corrected chi connectivity index (χ0v) is 16.2. The van der Waals surface area contributed by atoms with Gasteiger partial charge in [-0.25, -0.2) is 22.6 Å². The fourth-order valence-electron chi connectivity index (χ4n) is 3.55. The summed E-state index contributed by atoms with van der Waals surface area (Å²) in [6.07, 6.45) is 4.26. The summed E-state index contributed by atoms with van der Waals surface area (Å²) in [5.41, 5.74) is 2.89. The van der Waals surface area contributed by atoms with E-state index in [1.165, 1.54) is 18.2 Å². The Balaban J connectivity index is 1.64. The molecule has 0 aliphatic heterocycles. The van der Waals surface area contributed by atoms with Crippen LogP contribution in [0.4, 0.5) is 10.1 Å². The molecule has 1 aliphatic rings. The van der Waals surface area contributed by atoms with Crippen LogP contribution in [0, 0.1) is 5.82 Å². The number of rotatable bonds is 5. The van der Waals surface area contributed by atoms with Crippen LogP contribution in [0.15, 0.2) is 53.6 Å². The summed E-state index contributed by atoms with van der Waals surface area (Å²) < 4.78 is 39.7. The molecule has 1 heterocycles. The highest BCUT2D eigenvalue weighted by atomic mass is 32.2. The monoisotopic (exact) mass is 414 g/mol. The molecule has 150 valence electrons. The fourth-order valence-corrected chi connectivity index (χ4v) is 4.29. The number of carbonyl (C=O) groups is 1. The second-order valence-corrected chi connectivity index (χ2v) is 8.46. The molecule has 0 bridgehead atoms. The van der Waals surface area contributed by atoms with Gasteiger partial charge in [-0.2, -0.15) is 5.10 Å². The van der Waals surface area contributed by atoms with Crippen LogP contribution in [0.5, 0.6) is 0 Å². The van der Waals surface area contributed by atoms with Gasteiger partial charge in [0.05, 0.1) is 18.3 Å². The summed E-state index contributed by atoms with van der Waals surface area (Å²) in [6.45, 7) is 0. The molecule has 4 rings (SSSR count). The van der Waals surface area contributed by atoms with Gasteiger partial charge in [0.15, 0.2) is 0 Å². The third-order valence-corrected chi connectivity index (χ3v) is 5.84. The van der Waals surface area contributed by atoms with Gasteiger partial charge >= 0.3 is 0 Å². The molecule has 2 aromatic carbocycles. The summed E-state index contributed by atoms with van der Waals surface area (Å²) in [6, 6.07) is 10.4. The molecule has 9 heteroatoms. The smallest absolute Gasteiger partial charge is 0.240 e. The van der Waals surface area contributed by atoms with Gasteiger partial charge in [-0.05, 0) is 54.7 Å². The van der Waals surface area contributed by atoms with Gasteiger partial charge in [0.2, 0.25) is 15.9 Å². The molecule has 0 spiro atoms. The first-order valence-electron chi connectivity index (χ1n) is 9.09. The van der Waals surface area contributed by atoms with E-state index in [2.05, 4.69) is 10.4 Å². The van der Waals surface area contributed by atoms with Crippen LogP contribution >= 0.6 is 0 Å². The predicted molar refractivity (Wildman–Crippen MR) is 106 cm³/mol. The molecule has 29 heavy (non-hydrogen) atoms. The number of amides is 1. The van der Waals surface area contributed by atoms with E-state index < -0.39 is 21.7 Å². The number of hydrogen-bond acceptors (Lipinski definition) is 4. The lowest BCUT2D eigenvalue weighted by molar-refractivity contribution is -0.115. The summed E-state index contributed by atoms with van der Waals surface area (Å²) in [5, 5.41) is 12.3. The maximum Gasteiger partial charge on any atom is 0.240 e. The minimum absolute atomic E-state index is 0.140. The van der Waals surface area contributed by atoms with Crippen molar-refractivity contribution >= 4 is 21.6 Å². The van der Waals surface area contributed by atoms with Crippen molar-refractivity contribution in [1.82, 2.24) is 9.78 Å². The average Bonchev–Trinajstić information content (AvgIpc) is 3.27. The van der Waals surface area contributed by atoms with Crippen LogP contribution in [-0.2, 0) is 34.1 Å². The van der Waals surface area contributed by atoms with Gasteiger partial charge < -0.3 is 5.32 Å². The largest absolute Gasteiger partial charge is 0.326 e. The number of primary sulfonamides is 1. The van der Waals surface area contributed by atoms with Crippen LogP contribution in [0.25, 0.3) is 5.69 Å². The highest BCUT2D eigenvalue weighted by molar-refractivity contribution is 7.89. The average molecular weight is 414 g/mol. The molecule has 0 saturated heterocycles. The first-order chi connectivity index (χ1) is 13.8. The Hall–Kier alpha value is -3.04. The molecular formula is C20H19FN4O3S. The van der Waals surface area contributed by atoms with E-state index in [-0.39, 0.29) is 22.6 Å². The van der Waals surface area contributed by atoms with Gasteiger partial charge in [-0.3, -0.25) is 4.79 Å². The Labute approximate surface area is 167 Å². The first kappa shape index (κ1) is 19.3. The lowest BCUT2D eigenvalue weighted by Crippen LogP contribution is -2.19. The molecule has 1 aliphatic carbocycles. The van der Waals surface area contributed by atoms with E-state index in [4.69, 9.17) is 5.14 Å². The Morgan fingerprint density at radius 1 is 1.21 bits per heavy atom. The molecule has 3 N–H and O–H groups in total. The standard InChI is InChI=1S/C20H19FN4O3S/c21-16-6-2-1-4-13(16)10-20(26)24-15-8-9-18(19(11-15)29(22,27)28)25-17-7-3-5-14(17)12-23-25/h1-2,4,6,8-9,11-12H,3,5,7,10H2,(H,24,26)(H2,22,27,28). The fraction of sp³-hybridized carbons (Fsp3) is 0.200. The summed E-state index contributed by atoms with van der Waals surface area (Å²) in [4.78, 5) is 12.1. The van der Waals surface area contributed by atoms with Crippen molar-refractivity contribution in [1.29, 1.82) is 0 Å². The topological polar surface area (TPSA) is 107 Å². The SMILES string of the molecule is NS(=O)(=O)c1cc(NC(=O)Cc2ccccc2F)ccc1-n1ncc2c1CCC2. The number of benzene rings is 2. The number of aryl methyl sites for hydroxylation is 1. The van der Waals surface area contributed by atoms with E-state index in [0.29, 0.717) is 5.69 Å². The van der Waals surface area contributed by atoms with Crippen LogP contribution in [0.2, 0.25) is 0 Å². The number of nitrogens with two attached hydrogens (primary N) is 1. The lowest BCUT2D eigenvalue weighted by Gasteiger charge is -2.13. The minimum atomic E-state index is -4.07. The quantitative estimate of drug-likeness (QED) is 0.668. The Morgan fingerprint density at radius 3 is 2.76 bits per heavy atom. The van der Waals surface area contributed by atoms with E-state index in [9.17, 15) is 17.6 Å². The number of halogens is 1. The van der Waals surface area contributed by atoms with Crippen molar-refractivity contribution in [2.45, 2.75) is 30.6 Å². The van der Waals surface area contributed by atoms with E-state index >= 15 is 0 Å². The van der Waals surface area contributed by atoms with Crippen LogP contribution in [0.1, 0.15) is 23.2 Å². The van der Waals surface area contributed by atoms with Gasteiger partial charge in [0.1, 0.15) is 10.7 Å². The number of nitrogens with one attached hydrogen (secondary N) is 1. The Bertz CT molecular complexity index is 1200. The van der Waals surface area contributed by atoms with Crippen LogP contribution in [0.3, 0.4) is 0 Å². The molecule has 3 aromatic rings. The van der Waals surface area contributed by atoms with Crippen molar-refractivity contribution in [3.63, 3.8) is 0 Å². The molecular weight excluding hydrogens is 395 g/mol. The second-order valence-electron chi connectivity index (χ2n) is 6.93. The maximum atomic E-state index is 13.7. The lowest BCUT2D eigenvalue weighted by atomic mass is 10.1. The molecule has 0 radical (unpaired) electrons. The second kappa shape index (κ2) is 7.41. The van der Waals surface area contributed by atoms with Crippen molar-refractivity contribution in [2.24, 2.45) is 5.14 Å². The number of anilines is 1. The Morgan fingerprint density at radius 2 is 2.00 bits per heavy atom. The van der Waals surface area contributed by atoms with Crippen molar-refractivity contribution in [3.8, 4) is 5.69 Å². The van der Waals surface area contributed by atoms with Crippen molar-refractivity contribution in [3.05, 3.63) is 71.3 Å². The Kier molecular flexibility index (Phi) is 4.93. The molecule has 1 amide bonds. The van der Waals surface area contributed by atoms with Crippen LogP contribution in [-0.4, -0.2) is 24.1 Å². The van der Waals surface area contributed by atoms with Gasteiger partial charge in [-0.15, -0.1) is 0 Å². The molecule has 0 saturated carbocycles. The van der Waals surface area contributed by atoms with Crippen LogP contribution < -0.4 is 10.5 Å². The van der Waals surface area contributed by atoms with Gasteiger partial charge in [0, 0.05) is 11.4 Å². The summed E-state index contributed by atoms with van der Waals surface area (Å²) in [7, 11) is -4.07. The van der Waals surface area contributed by atoms with E-state index in [0.717, 1.165) is 30.5 Å². The number of sulfonamides is 1. The predicted octanol–water partition coefficient (Wildman–Crippen LogP) is 2.33. The zero-order chi connectivity index (χ0) is 20.6. The number of hydrogen-bond donors (Lipinski definition) is 2. The van der Waals surface area contributed by atoms with Crippen molar-refractivity contribution < 1.29 is 17.6 Å². The molecule has 7 nitrogen and oxygen atoms in total. The normalized spacial score (nSPS) is 13.3. The molecule has 0 unspecified atom stereocenters. The van der Waals surface area contributed by atoms with Crippen molar-refractivity contribution in [2.75, 3.05) is 5.32 Å². The zero-order valence-electron chi connectivity index (χ0n) is 15.4. The first-order valence-corrected chi connectivity index (χ1v) is 10.6. The number of fused-ring (bicyclic) bond motifs is 1. The third-order valence-electron chi connectivity index (χ3n) is 4.90. The van der Waals surface area contributed by atoms with Gasteiger partial charge in [0.25, 0.3) is 0 Å². The molecule has 0 atom stereocenters. The number of aromatic nitrogens is 2. The molecule has 1 aromatic heterocycles. The number of nitrogens with zero attached hydrogens (tertiary/aromatic N) is 2. The molecule has 0 fully saturated rings. The minimum Gasteiger partial charge on any atom is -0.326 e. The highest BCUT2D eigenvalue weighted by Gasteiger charge is 2.23. The van der Waals surface area contributed by atoms with E-state index in [1.54, 1.807) is 35.1 Å². The van der Waals surface area contributed by atoms with Gasteiger partial charge in [-0.1, -0.05) is 18.2 Å². The third kappa shape index (κ3) is 3.92. The maximum absolute atomic E-state index is 13.7. The summed E-state index contributed by atoms with van der Waals surface area (Å²) >= 11 is 0.